The van der Waals surface area contributed by atoms with Crippen molar-refractivity contribution in [3.05, 3.63) is 65.2 Å². The summed E-state index contributed by atoms with van der Waals surface area (Å²) in [7, 11) is 1.49. The number of allylic oxidation sites excluding steroid dienone is 1. The zero-order chi connectivity index (χ0) is 16.0. The maximum Gasteiger partial charge on any atom is 0.259 e. The van der Waals surface area contributed by atoms with Crippen LogP contribution < -0.4 is 9.64 Å². The first-order chi connectivity index (χ1) is 11.2. The van der Waals surface area contributed by atoms with Gasteiger partial charge in [0.05, 0.1) is 13.2 Å². The molecule has 23 heavy (non-hydrogen) atoms. The minimum atomic E-state index is -0.0439. The number of hydrogen-bond donors (Lipinski definition) is 1. The molecule has 0 saturated heterocycles. The zero-order valence-corrected chi connectivity index (χ0v) is 12.8. The highest BCUT2D eigenvalue weighted by molar-refractivity contribution is 6.09. The van der Waals surface area contributed by atoms with Gasteiger partial charge in [-0.05, 0) is 42.2 Å². The fourth-order valence-corrected chi connectivity index (χ4v) is 3.45. The summed E-state index contributed by atoms with van der Waals surface area (Å²) in [6.45, 7) is 0. The van der Waals surface area contributed by atoms with Crippen LogP contribution in [0.4, 0.5) is 5.69 Å². The number of hydrogen-bond acceptors (Lipinski definition) is 3. The number of ether oxygens (including phenoxy) is 1. The van der Waals surface area contributed by atoms with E-state index in [0.29, 0.717) is 17.7 Å². The van der Waals surface area contributed by atoms with Gasteiger partial charge in [0.2, 0.25) is 0 Å². The number of carbonyl (C=O) groups excluding carboxylic acids is 1. The highest BCUT2D eigenvalue weighted by atomic mass is 16.5. The highest BCUT2D eigenvalue weighted by Crippen LogP contribution is 2.37. The molecule has 0 fully saturated rings. The molecular weight excluding hydrogens is 290 g/mol. The number of rotatable bonds is 1. The van der Waals surface area contributed by atoms with E-state index < -0.39 is 0 Å². The number of anilines is 1. The van der Waals surface area contributed by atoms with Crippen molar-refractivity contribution in [1.82, 2.24) is 0 Å². The van der Waals surface area contributed by atoms with E-state index in [2.05, 4.69) is 18.2 Å². The zero-order valence-electron chi connectivity index (χ0n) is 12.8. The number of phenols is 1. The smallest absolute Gasteiger partial charge is 0.259 e. The first-order valence-electron chi connectivity index (χ1n) is 7.67. The van der Waals surface area contributed by atoms with Crippen LogP contribution in [0.5, 0.6) is 11.5 Å². The van der Waals surface area contributed by atoms with E-state index in [4.69, 9.17) is 4.74 Å². The molecule has 0 bridgehead atoms. The van der Waals surface area contributed by atoms with Gasteiger partial charge in [-0.15, -0.1) is 0 Å². The number of nitrogens with zero attached hydrogens (tertiary/aromatic N) is 1. The molecule has 1 amide bonds. The Hall–Kier alpha value is -2.75. The fraction of sp³-hybridized carbons (Fsp3) is 0.211. The Bertz CT molecular complexity index is 825. The van der Waals surface area contributed by atoms with E-state index in [9.17, 15) is 9.90 Å². The van der Waals surface area contributed by atoms with Gasteiger partial charge in [-0.3, -0.25) is 4.79 Å². The molecule has 116 valence electrons. The third-order valence-corrected chi connectivity index (χ3v) is 4.56. The summed E-state index contributed by atoms with van der Waals surface area (Å²) in [6, 6.07) is 11.3. The maximum absolute atomic E-state index is 13.2. The summed E-state index contributed by atoms with van der Waals surface area (Å²) in [5.41, 5.74) is 3.55. The van der Waals surface area contributed by atoms with Crippen molar-refractivity contribution in [1.29, 1.82) is 0 Å². The van der Waals surface area contributed by atoms with Gasteiger partial charge in [-0.1, -0.05) is 30.4 Å². The van der Waals surface area contributed by atoms with Gasteiger partial charge >= 0.3 is 0 Å². The SMILES string of the molecule is COc1cc2c(cc1O)C/C=C/[C@@H]1Cc3ccccc3N1C2=O. The van der Waals surface area contributed by atoms with Crippen molar-refractivity contribution in [2.45, 2.75) is 18.9 Å². The maximum atomic E-state index is 13.2. The summed E-state index contributed by atoms with van der Waals surface area (Å²) in [4.78, 5) is 15.0. The van der Waals surface area contributed by atoms with Crippen molar-refractivity contribution in [2.24, 2.45) is 0 Å². The molecular formula is C19H17NO3. The van der Waals surface area contributed by atoms with Crippen LogP contribution in [0, 0.1) is 0 Å². The molecule has 1 N–H and O–H groups in total. The molecule has 0 aliphatic carbocycles. The first-order valence-corrected chi connectivity index (χ1v) is 7.67. The van der Waals surface area contributed by atoms with E-state index in [-0.39, 0.29) is 17.7 Å². The van der Waals surface area contributed by atoms with Gasteiger partial charge in [-0.25, -0.2) is 0 Å². The average Bonchev–Trinajstić information content (AvgIpc) is 2.91. The second-order valence-electron chi connectivity index (χ2n) is 5.89. The van der Waals surface area contributed by atoms with Crippen LogP contribution in [0.25, 0.3) is 0 Å². The normalized spacial score (nSPS) is 20.1. The lowest BCUT2D eigenvalue weighted by molar-refractivity contribution is 0.0982. The lowest BCUT2D eigenvalue weighted by Crippen LogP contribution is -2.37. The third kappa shape index (κ3) is 2.10. The van der Waals surface area contributed by atoms with E-state index in [1.165, 1.54) is 12.7 Å². The van der Waals surface area contributed by atoms with Gasteiger partial charge in [-0.2, -0.15) is 0 Å². The van der Waals surface area contributed by atoms with Crippen molar-refractivity contribution in [2.75, 3.05) is 12.0 Å². The monoisotopic (exact) mass is 307 g/mol. The van der Waals surface area contributed by atoms with E-state index >= 15 is 0 Å². The molecule has 0 unspecified atom stereocenters. The molecule has 2 aliphatic heterocycles. The molecule has 2 aromatic rings. The second-order valence-corrected chi connectivity index (χ2v) is 5.89. The lowest BCUT2D eigenvalue weighted by atomic mass is 9.98. The van der Waals surface area contributed by atoms with Gasteiger partial charge in [0.1, 0.15) is 0 Å². The molecule has 4 rings (SSSR count). The van der Waals surface area contributed by atoms with Crippen LogP contribution in [0.15, 0.2) is 48.6 Å². The van der Waals surface area contributed by atoms with Crippen LogP contribution in [-0.4, -0.2) is 24.2 Å². The summed E-state index contributed by atoms with van der Waals surface area (Å²) in [5, 5.41) is 9.99. The van der Waals surface area contributed by atoms with Gasteiger partial charge in [0.15, 0.2) is 11.5 Å². The minimum Gasteiger partial charge on any atom is -0.504 e. The molecule has 2 aliphatic rings. The lowest BCUT2D eigenvalue weighted by Gasteiger charge is -2.26. The number of methoxy groups -OCH3 is 1. The standard InChI is InChI=1S/C19H17NO3/c1-23-18-11-15-12(10-17(18)21)6-4-7-14-9-13-5-2-3-8-16(13)20(14)19(15)22/h2-5,7-8,10-11,14,21H,6,9H2,1H3/b7-4+/t14-/m1/s1. The number of para-hydroxylation sites is 1. The van der Waals surface area contributed by atoms with Crippen LogP contribution in [0.1, 0.15) is 21.5 Å². The highest BCUT2D eigenvalue weighted by Gasteiger charge is 2.34. The molecule has 0 spiro atoms. The van der Waals surface area contributed by atoms with Crippen molar-refractivity contribution in [3.8, 4) is 11.5 Å². The molecule has 2 heterocycles. The predicted octanol–water partition coefficient (Wildman–Crippen LogP) is 3.08. The molecule has 0 saturated carbocycles. The number of amides is 1. The van der Waals surface area contributed by atoms with Crippen LogP contribution >= 0.6 is 0 Å². The average molecular weight is 307 g/mol. The summed E-state index contributed by atoms with van der Waals surface area (Å²) >= 11 is 0. The third-order valence-electron chi connectivity index (χ3n) is 4.56. The van der Waals surface area contributed by atoms with Crippen molar-refractivity contribution >= 4 is 11.6 Å². The number of phenolic OH excluding ortho intramolecular Hbond substituents is 1. The number of fused-ring (bicyclic) bond motifs is 4. The topological polar surface area (TPSA) is 49.8 Å². The molecule has 4 heteroatoms. The minimum absolute atomic E-state index is 0.0439. The van der Waals surface area contributed by atoms with Gasteiger partial charge in [0.25, 0.3) is 5.91 Å². The number of carbonyl (C=O) groups is 1. The van der Waals surface area contributed by atoms with E-state index in [1.807, 2.05) is 23.1 Å². The quantitative estimate of drug-likeness (QED) is 0.824. The summed E-state index contributed by atoms with van der Waals surface area (Å²) in [5.74, 6) is 0.342. The molecule has 2 aromatic carbocycles. The van der Waals surface area contributed by atoms with Crippen molar-refractivity contribution < 1.29 is 14.6 Å². The largest absolute Gasteiger partial charge is 0.504 e. The Morgan fingerprint density at radius 2 is 2.04 bits per heavy atom. The summed E-state index contributed by atoms with van der Waals surface area (Å²) < 4.78 is 5.17. The van der Waals surface area contributed by atoms with Crippen LogP contribution in [0.3, 0.4) is 0 Å². The van der Waals surface area contributed by atoms with Crippen LogP contribution in [-0.2, 0) is 12.8 Å². The molecule has 4 nitrogen and oxygen atoms in total. The van der Waals surface area contributed by atoms with Crippen LogP contribution in [0.2, 0.25) is 0 Å². The Morgan fingerprint density at radius 1 is 1.22 bits per heavy atom. The fourth-order valence-electron chi connectivity index (χ4n) is 3.45. The number of aromatic hydroxyl groups is 1. The molecule has 0 radical (unpaired) electrons. The Morgan fingerprint density at radius 3 is 2.87 bits per heavy atom. The van der Waals surface area contributed by atoms with Crippen molar-refractivity contribution in [3.63, 3.8) is 0 Å². The predicted molar refractivity (Wildman–Crippen MR) is 88.2 cm³/mol. The first kappa shape index (κ1) is 13.9. The summed E-state index contributed by atoms with van der Waals surface area (Å²) in [6.07, 6.45) is 5.62. The Labute approximate surface area is 134 Å². The van der Waals surface area contributed by atoms with E-state index in [1.54, 1.807) is 12.1 Å². The van der Waals surface area contributed by atoms with E-state index in [0.717, 1.165) is 17.7 Å². The molecule has 1 atom stereocenters. The Kier molecular flexibility index (Phi) is 3.11. The van der Waals surface area contributed by atoms with Gasteiger partial charge < -0.3 is 14.7 Å². The molecule has 0 aromatic heterocycles. The van der Waals surface area contributed by atoms with Gasteiger partial charge in [0, 0.05) is 11.3 Å². The Balaban J connectivity index is 1.88. The number of benzene rings is 2. The second kappa shape index (κ2) is 5.16.